The molecule has 0 bridgehead atoms. The van der Waals surface area contributed by atoms with Crippen molar-refractivity contribution < 1.29 is 9.53 Å². The smallest absolute Gasteiger partial charge is 0.407 e. The van der Waals surface area contributed by atoms with E-state index in [0.29, 0.717) is 5.92 Å². The summed E-state index contributed by atoms with van der Waals surface area (Å²) in [7, 11) is 0. The van der Waals surface area contributed by atoms with Crippen LogP contribution in [0.3, 0.4) is 0 Å². The fraction of sp³-hybridized carbons (Fsp3) is 0.923. The minimum atomic E-state index is -0.415. The Balaban J connectivity index is 2.17. The van der Waals surface area contributed by atoms with Crippen molar-refractivity contribution >= 4 is 6.09 Å². The summed E-state index contributed by atoms with van der Waals surface area (Å²) < 4.78 is 5.20. The van der Waals surface area contributed by atoms with Crippen molar-refractivity contribution in [3.8, 4) is 0 Å². The third kappa shape index (κ3) is 5.91. The highest BCUT2D eigenvalue weighted by Crippen LogP contribution is 2.32. The number of nitrogens with two attached hydrogens (primary N) is 1. The van der Waals surface area contributed by atoms with Crippen molar-refractivity contribution in [2.45, 2.75) is 52.1 Å². The number of carbonyl (C=O) groups is 1. The van der Waals surface area contributed by atoms with E-state index in [1.807, 2.05) is 20.8 Å². The second kappa shape index (κ2) is 6.24. The summed E-state index contributed by atoms with van der Waals surface area (Å²) in [5, 5.41) is 2.85. The van der Waals surface area contributed by atoms with Gasteiger partial charge in [0.05, 0.1) is 0 Å². The Morgan fingerprint density at radius 3 is 2.59 bits per heavy atom. The number of alkyl carbamates (subject to hydrolysis) is 1. The van der Waals surface area contributed by atoms with E-state index < -0.39 is 5.60 Å². The first-order valence-electron chi connectivity index (χ1n) is 6.57. The zero-order chi connectivity index (χ0) is 12.9. The van der Waals surface area contributed by atoms with Crippen molar-refractivity contribution in [3.05, 3.63) is 0 Å². The molecule has 1 amide bonds. The minimum absolute atomic E-state index is 0.306. The molecule has 4 heteroatoms. The first kappa shape index (κ1) is 14.3. The van der Waals surface area contributed by atoms with Gasteiger partial charge in [-0.05, 0) is 58.4 Å². The lowest BCUT2D eigenvalue weighted by atomic mass is 10.0. The van der Waals surface area contributed by atoms with Gasteiger partial charge in [0.25, 0.3) is 0 Å². The summed E-state index contributed by atoms with van der Waals surface area (Å²) in [6, 6.07) is 0. The first-order valence-corrected chi connectivity index (χ1v) is 6.57. The molecule has 100 valence electrons. The number of amides is 1. The Bertz CT molecular complexity index is 248. The normalized spacial score (nSPS) is 24.7. The Morgan fingerprint density at radius 2 is 2.00 bits per heavy atom. The maximum Gasteiger partial charge on any atom is 0.407 e. The number of nitrogens with one attached hydrogen (secondary N) is 1. The van der Waals surface area contributed by atoms with E-state index in [4.69, 9.17) is 10.5 Å². The van der Waals surface area contributed by atoms with Gasteiger partial charge in [-0.25, -0.2) is 4.79 Å². The number of hydrogen-bond donors (Lipinski definition) is 2. The fourth-order valence-electron chi connectivity index (χ4n) is 2.40. The molecule has 0 radical (unpaired) electrons. The molecule has 0 aliphatic heterocycles. The second-order valence-corrected chi connectivity index (χ2v) is 6.01. The van der Waals surface area contributed by atoms with Gasteiger partial charge in [-0.2, -0.15) is 0 Å². The molecule has 0 aromatic carbocycles. The van der Waals surface area contributed by atoms with Crippen LogP contribution in [0.4, 0.5) is 4.79 Å². The maximum absolute atomic E-state index is 11.5. The molecule has 0 aromatic rings. The van der Waals surface area contributed by atoms with Gasteiger partial charge in [0.2, 0.25) is 0 Å². The quantitative estimate of drug-likeness (QED) is 0.795. The predicted molar refractivity (Wildman–Crippen MR) is 68.7 cm³/mol. The molecule has 0 aromatic heterocycles. The monoisotopic (exact) mass is 242 g/mol. The highest BCUT2D eigenvalue weighted by Gasteiger charge is 2.25. The van der Waals surface area contributed by atoms with Gasteiger partial charge in [0.15, 0.2) is 0 Å². The zero-order valence-corrected chi connectivity index (χ0v) is 11.3. The van der Waals surface area contributed by atoms with Crippen LogP contribution in [0.2, 0.25) is 0 Å². The third-order valence-corrected chi connectivity index (χ3v) is 3.16. The SMILES string of the molecule is CC(C)(C)OC(=O)NCC1CCC(CCN)C1. The molecule has 0 spiro atoms. The highest BCUT2D eigenvalue weighted by atomic mass is 16.6. The van der Waals surface area contributed by atoms with Crippen LogP contribution in [-0.2, 0) is 4.74 Å². The number of ether oxygens (including phenoxy) is 1. The third-order valence-electron chi connectivity index (χ3n) is 3.16. The van der Waals surface area contributed by atoms with E-state index in [1.165, 1.54) is 19.3 Å². The summed E-state index contributed by atoms with van der Waals surface area (Å²) in [5.74, 6) is 1.35. The second-order valence-electron chi connectivity index (χ2n) is 6.01. The van der Waals surface area contributed by atoms with Crippen LogP contribution in [0.15, 0.2) is 0 Å². The van der Waals surface area contributed by atoms with Crippen molar-refractivity contribution in [3.63, 3.8) is 0 Å². The molecule has 1 rings (SSSR count). The van der Waals surface area contributed by atoms with Crippen molar-refractivity contribution in [2.24, 2.45) is 17.6 Å². The minimum Gasteiger partial charge on any atom is -0.444 e. The largest absolute Gasteiger partial charge is 0.444 e. The summed E-state index contributed by atoms with van der Waals surface area (Å²) in [6.45, 7) is 7.13. The summed E-state index contributed by atoms with van der Waals surface area (Å²) in [6.07, 6.45) is 4.44. The maximum atomic E-state index is 11.5. The van der Waals surface area contributed by atoms with Gasteiger partial charge in [0.1, 0.15) is 5.60 Å². The van der Waals surface area contributed by atoms with Crippen LogP contribution < -0.4 is 11.1 Å². The van der Waals surface area contributed by atoms with Gasteiger partial charge >= 0.3 is 6.09 Å². The standard InChI is InChI=1S/C13H26N2O2/c1-13(2,3)17-12(16)15-9-11-5-4-10(8-11)6-7-14/h10-11H,4-9,14H2,1-3H3,(H,15,16). The molecule has 1 aliphatic rings. The molecule has 0 saturated heterocycles. The molecule has 1 saturated carbocycles. The van der Waals surface area contributed by atoms with Crippen LogP contribution in [0, 0.1) is 11.8 Å². The van der Waals surface area contributed by atoms with Crippen molar-refractivity contribution in [2.75, 3.05) is 13.1 Å². The number of carbonyl (C=O) groups excluding carboxylic acids is 1. The molecule has 0 heterocycles. The van der Waals surface area contributed by atoms with Crippen LogP contribution in [-0.4, -0.2) is 24.8 Å². The zero-order valence-electron chi connectivity index (χ0n) is 11.3. The molecular weight excluding hydrogens is 216 g/mol. The van der Waals surface area contributed by atoms with Gasteiger partial charge in [0, 0.05) is 6.54 Å². The van der Waals surface area contributed by atoms with E-state index in [1.54, 1.807) is 0 Å². The molecule has 1 fully saturated rings. The molecule has 2 unspecified atom stereocenters. The average Bonchev–Trinajstić information content (AvgIpc) is 2.61. The van der Waals surface area contributed by atoms with Gasteiger partial charge < -0.3 is 15.8 Å². The fourth-order valence-corrected chi connectivity index (χ4v) is 2.40. The first-order chi connectivity index (χ1) is 7.90. The predicted octanol–water partition coefficient (Wildman–Crippen LogP) is 2.28. The lowest BCUT2D eigenvalue weighted by Gasteiger charge is -2.20. The molecule has 3 N–H and O–H groups in total. The molecule has 17 heavy (non-hydrogen) atoms. The van der Waals surface area contributed by atoms with Crippen LogP contribution >= 0.6 is 0 Å². The van der Waals surface area contributed by atoms with E-state index in [2.05, 4.69) is 5.32 Å². The van der Waals surface area contributed by atoms with Crippen molar-refractivity contribution in [1.29, 1.82) is 0 Å². The van der Waals surface area contributed by atoms with E-state index in [9.17, 15) is 4.79 Å². The van der Waals surface area contributed by atoms with E-state index in [0.717, 1.165) is 25.4 Å². The van der Waals surface area contributed by atoms with Crippen molar-refractivity contribution in [1.82, 2.24) is 5.32 Å². The summed E-state index contributed by atoms with van der Waals surface area (Å²) >= 11 is 0. The number of rotatable bonds is 4. The Morgan fingerprint density at radius 1 is 1.35 bits per heavy atom. The van der Waals surface area contributed by atoms with Gasteiger partial charge in [-0.3, -0.25) is 0 Å². The molecule has 2 atom stereocenters. The van der Waals surface area contributed by atoms with E-state index >= 15 is 0 Å². The molecule has 4 nitrogen and oxygen atoms in total. The van der Waals surface area contributed by atoms with E-state index in [-0.39, 0.29) is 6.09 Å². The Hall–Kier alpha value is -0.770. The van der Waals surface area contributed by atoms with Crippen LogP contribution in [0.5, 0.6) is 0 Å². The van der Waals surface area contributed by atoms with Crippen LogP contribution in [0.1, 0.15) is 46.5 Å². The Kier molecular flexibility index (Phi) is 5.25. The lowest BCUT2D eigenvalue weighted by molar-refractivity contribution is 0.0519. The summed E-state index contributed by atoms with van der Waals surface area (Å²) in [5.41, 5.74) is 5.14. The number of hydrogen-bond acceptors (Lipinski definition) is 3. The summed E-state index contributed by atoms with van der Waals surface area (Å²) in [4.78, 5) is 11.5. The topological polar surface area (TPSA) is 64.3 Å². The molecule has 1 aliphatic carbocycles. The van der Waals surface area contributed by atoms with Gasteiger partial charge in [-0.15, -0.1) is 0 Å². The van der Waals surface area contributed by atoms with Gasteiger partial charge in [-0.1, -0.05) is 6.42 Å². The lowest BCUT2D eigenvalue weighted by Crippen LogP contribution is -2.34. The van der Waals surface area contributed by atoms with Crippen LogP contribution in [0.25, 0.3) is 0 Å². The highest BCUT2D eigenvalue weighted by molar-refractivity contribution is 5.67. The molecular formula is C13H26N2O2. The Labute approximate surface area is 104 Å². The average molecular weight is 242 g/mol.